The Labute approximate surface area is 130 Å². The zero-order chi connectivity index (χ0) is 14.9. The number of aliphatic hydroxyl groups is 1. The third-order valence-corrected chi connectivity index (χ3v) is 8.81. The Kier molecular flexibility index (Phi) is 3.11. The van der Waals surface area contributed by atoms with E-state index in [4.69, 9.17) is 0 Å². The Balaban J connectivity index is 1.70. The van der Waals surface area contributed by atoms with Crippen molar-refractivity contribution in [2.45, 2.75) is 78.6 Å². The van der Waals surface area contributed by atoms with Crippen LogP contribution < -0.4 is 0 Å². The standard InChI is InChI=1S/C20H34O/c1-18(2)8-4-9-19(3)16(18)7-10-20-11-14(5-6-17(19)20)15(12-20)13-21/h14-17,21H,4-13H2,1-3H3/t14?,15-,16-,17+,19?,20?/m1/s1. The van der Waals surface area contributed by atoms with E-state index in [9.17, 15) is 5.11 Å². The van der Waals surface area contributed by atoms with Crippen molar-refractivity contribution in [3.8, 4) is 0 Å². The molecule has 1 N–H and O–H groups in total. The van der Waals surface area contributed by atoms with Crippen molar-refractivity contribution >= 4 is 0 Å². The van der Waals surface area contributed by atoms with E-state index in [2.05, 4.69) is 20.8 Å². The zero-order valence-corrected chi connectivity index (χ0v) is 14.3. The van der Waals surface area contributed by atoms with Crippen LogP contribution in [0.25, 0.3) is 0 Å². The maximum Gasteiger partial charge on any atom is 0.0462 e. The third-order valence-electron chi connectivity index (χ3n) is 8.81. The van der Waals surface area contributed by atoms with Gasteiger partial charge < -0.3 is 5.11 Å². The van der Waals surface area contributed by atoms with Crippen LogP contribution in [0, 0.1) is 39.9 Å². The molecule has 1 heteroatoms. The van der Waals surface area contributed by atoms with Crippen LogP contribution in [0.1, 0.15) is 78.6 Å². The molecule has 0 aromatic carbocycles. The Hall–Kier alpha value is -0.0400. The molecule has 1 nitrogen and oxygen atoms in total. The van der Waals surface area contributed by atoms with Gasteiger partial charge in [0.15, 0.2) is 0 Å². The first-order valence-electron chi connectivity index (χ1n) is 9.52. The van der Waals surface area contributed by atoms with E-state index in [1.807, 2.05) is 0 Å². The summed E-state index contributed by atoms with van der Waals surface area (Å²) in [6.45, 7) is 8.20. The smallest absolute Gasteiger partial charge is 0.0462 e. The van der Waals surface area contributed by atoms with Crippen LogP contribution in [0.15, 0.2) is 0 Å². The molecule has 0 aliphatic heterocycles. The Morgan fingerprint density at radius 2 is 1.71 bits per heavy atom. The normalized spacial score (nSPS) is 54.9. The summed E-state index contributed by atoms with van der Waals surface area (Å²) >= 11 is 0. The van der Waals surface area contributed by atoms with Gasteiger partial charge in [-0.05, 0) is 91.3 Å². The van der Waals surface area contributed by atoms with Crippen LogP contribution in [0.4, 0.5) is 0 Å². The fourth-order valence-electron chi connectivity index (χ4n) is 8.13. The Morgan fingerprint density at radius 1 is 0.905 bits per heavy atom. The third kappa shape index (κ3) is 1.85. The number of aliphatic hydroxyl groups excluding tert-OH is 1. The lowest BCUT2D eigenvalue weighted by atomic mass is 9.41. The molecule has 0 heterocycles. The first-order valence-corrected chi connectivity index (χ1v) is 9.52. The van der Waals surface area contributed by atoms with Crippen molar-refractivity contribution in [2.24, 2.45) is 39.9 Å². The van der Waals surface area contributed by atoms with Crippen molar-refractivity contribution < 1.29 is 5.11 Å². The predicted molar refractivity (Wildman–Crippen MR) is 86.9 cm³/mol. The van der Waals surface area contributed by atoms with Gasteiger partial charge in [-0.2, -0.15) is 0 Å². The van der Waals surface area contributed by atoms with Gasteiger partial charge >= 0.3 is 0 Å². The van der Waals surface area contributed by atoms with Gasteiger partial charge in [-0.3, -0.25) is 0 Å². The number of hydrogen-bond donors (Lipinski definition) is 1. The van der Waals surface area contributed by atoms with Gasteiger partial charge in [0.05, 0.1) is 0 Å². The first kappa shape index (κ1) is 14.5. The van der Waals surface area contributed by atoms with Crippen molar-refractivity contribution in [3.63, 3.8) is 0 Å². The van der Waals surface area contributed by atoms with Gasteiger partial charge in [-0.25, -0.2) is 0 Å². The molecule has 4 rings (SSSR count). The van der Waals surface area contributed by atoms with Crippen molar-refractivity contribution in [1.29, 1.82) is 0 Å². The van der Waals surface area contributed by atoms with Crippen molar-refractivity contribution in [3.05, 3.63) is 0 Å². The van der Waals surface area contributed by atoms with E-state index in [0.717, 1.165) is 17.8 Å². The largest absolute Gasteiger partial charge is 0.396 e. The Morgan fingerprint density at radius 3 is 2.48 bits per heavy atom. The van der Waals surface area contributed by atoms with E-state index in [-0.39, 0.29) is 0 Å². The fourth-order valence-corrected chi connectivity index (χ4v) is 8.13. The minimum Gasteiger partial charge on any atom is -0.396 e. The number of hydrogen-bond acceptors (Lipinski definition) is 1. The van der Waals surface area contributed by atoms with Gasteiger partial charge in [0, 0.05) is 6.61 Å². The van der Waals surface area contributed by atoms with Crippen LogP contribution in [-0.4, -0.2) is 11.7 Å². The second kappa shape index (κ2) is 4.49. The molecule has 4 saturated carbocycles. The average molecular weight is 290 g/mol. The van der Waals surface area contributed by atoms with Crippen LogP contribution in [0.5, 0.6) is 0 Å². The highest BCUT2D eigenvalue weighted by Gasteiger charge is 2.63. The minimum absolute atomic E-state index is 0.449. The molecule has 0 amide bonds. The minimum atomic E-state index is 0.449. The summed E-state index contributed by atoms with van der Waals surface area (Å²) in [7, 11) is 0. The molecule has 4 aliphatic carbocycles. The molecule has 0 saturated heterocycles. The molecular weight excluding hydrogens is 256 g/mol. The second-order valence-corrected chi connectivity index (χ2v) is 10.0. The lowest BCUT2D eigenvalue weighted by molar-refractivity contribution is -0.144. The van der Waals surface area contributed by atoms with Gasteiger partial charge in [0.2, 0.25) is 0 Å². The molecule has 4 fully saturated rings. The summed E-state index contributed by atoms with van der Waals surface area (Å²) in [5, 5.41) is 9.78. The summed E-state index contributed by atoms with van der Waals surface area (Å²) in [6, 6.07) is 0. The molecule has 6 atom stereocenters. The second-order valence-electron chi connectivity index (χ2n) is 10.0. The molecule has 2 bridgehead atoms. The highest BCUT2D eigenvalue weighted by Crippen LogP contribution is 2.72. The molecule has 4 aliphatic rings. The highest BCUT2D eigenvalue weighted by molar-refractivity contribution is 5.13. The van der Waals surface area contributed by atoms with Crippen LogP contribution in [-0.2, 0) is 0 Å². The van der Waals surface area contributed by atoms with Crippen LogP contribution in [0.2, 0.25) is 0 Å². The maximum atomic E-state index is 9.78. The molecule has 1 spiro atoms. The van der Waals surface area contributed by atoms with E-state index >= 15 is 0 Å². The molecule has 0 aromatic rings. The maximum absolute atomic E-state index is 9.78. The molecule has 21 heavy (non-hydrogen) atoms. The zero-order valence-electron chi connectivity index (χ0n) is 14.3. The van der Waals surface area contributed by atoms with Crippen LogP contribution >= 0.6 is 0 Å². The van der Waals surface area contributed by atoms with E-state index in [0.29, 0.717) is 28.8 Å². The van der Waals surface area contributed by atoms with E-state index < -0.39 is 0 Å². The summed E-state index contributed by atoms with van der Waals surface area (Å²) in [6.07, 6.45) is 13.0. The number of rotatable bonds is 1. The van der Waals surface area contributed by atoms with Gasteiger partial charge in [-0.15, -0.1) is 0 Å². The van der Waals surface area contributed by atoms with Crippen LogP contribution in [0.3, 0.4) is 0 Å². The lowest BCUT2D eigenvalue weighted by Crippen LogP contribution is -2.55. The van der Waals surface area contributed by atoms with Crippen molar-refractivity contribution in [2.75, 3.05) is 6.61 Å². The molecule has 0 aromatic heterocycles. The van der Waals surface area contributed by atoms with Crippen molar-refractivity contribution in [1.82, 2.24) is 0 Å². The monoisotopic (exact) mass is 290 g/mol. The Bertz CT molecular complexity index is 428. The number of fused-ring (bicyclic) bond motifs is 3. The summed E-state index contributed by atoms with van der Waals surface area (Å²) in [5.74, 6) is 3.38. The van der Waals surface area contributed by atoms with Gasteiger partial charge in [0.1, 0.15) is 0 Å². The van der Waals surface area contributed by atoms with Gasteiger partial charge in [0.25, 0.3) is 0 Å². The fraction of sp³-hybridized carbons (Fsp3) is 1.00. The topological polar surface area (TPSA) is 20.2 Å². The lowest BCUT2D eigenvalue weighted by Gasteiger charge is -2.64. The quantitative estimate of drug-likeness (QED) is 0.718. The summed E-state index contributed by atoms with van der Waals surface area (Å²) in [4.78, 5) is 0. The molecule has 0 radical (unpaired) electrons. The molecular formula is C20H34O. The average Bonchev–Trinajstić information content (AvgIpc) is 2.68. The molecule has 3 unspecified atom stereocenters. The molecule has 120 valence electrons. The summed E-state index contributed by atoms with van der Waals surface area (Å²) in [5.41, 5.74) is 1.77. The summed E-state index contributed by atoms with van der Waals surface area (Å²) < 4.78 is 0. The first-order chi connectivity index (χ1) is 9.91. The highest BCUT2D eigenvalue weighted by atomic mass is 16.3. The van der Waals surface area contributed by atoms with E-state index in [1.54, 1.807) is 0 Å². The SMILES string of the molecule is CC1(C)CCCC2(C)[C@@H]1CCC13CC(CC[C@H]12)[C@@H](CO)C3. The van der Waals surface area contributed by atoms with E-state index in [1.165, 1.54) is 57.8 Å². The van der Waals surface area contributed by atoms with Gasteiger partial charge in [-0.1, -0.05) is 27.2 Å². The predicted octanol–water partition coefficient (Wildman–Crippen LogP) is 5.03.